The van der Waals surface area contributed by atoms with Crippen molar-refractivity contribution in [2.24, 2.45) is 0 Å². The summed E-state index contributed by atoms with van der Waals surface area (Å²) in [5, 5.41) is 0. The van der Waals surface area contributed by atoms with Gasteiger partial charge in [-0.25, -0.2) is 0 Å². The average molecular weight is 389 g/mol. The highest BCUT2D eigenvalue weighted by Gasteiger charge is 1.79. The van der Waals surface area contributed by atoms with E-state index >= 15 is 0 Å². The summed E-state index contributed by atoms with van der Waals surface area (Å²) in [6, 6.07) is 8.48. The summed E-state index contributed by atoms with van der Waals surface area (Å²) < 4.78 is 0. The first kappa shape index (κ1) is 40.6. The molecule has 0 N–H and O–H groups in total. The molecule has 0 radical (unpaired) electrons. The van der Waals surface area contributed by atoms with Crippen molar-refractivity contribution >= 4 is 0 Å². The summed E-state index contributed by atoms with van der Waals surface area (Å²) in [5.74, 6) is 0. The van der Waals surface area contributed by atoms with Crippen molar-refractivity contribution in [2.75, 3.05) is 0 Å². The zero-order valence-corrected chi connectivity index (χ0v) is 21.4. The number of allylic oxidation sites excluding steroid dienone is 6. The van der Waals surface area contributed by atoms with Crippen LogP contribution in [0.1, 0.15) is 80.4 Å². The molecule has 1 rings (SSSR count). The molecule has 0 heteroatoms. The van der Waals surface area contributed by atoms with Crippen LogP contribution in [0.15, 0.2) is 86.0 Å². The molecule has 0 unspecified atom stereocenters. The van der Waals surface area contributed by atoms with Gasteiger partial charge in [-0.2, -0.15) is 0 Å². The monoisotopic (exact) mass is 388 g/mol. The van der Waals surface area contributed by atoms with Crippen LogP contribution in [0.2, 0.25) is 0 Å². The lowest BCUT2D eigenvalue weighted by atomic mass is 10.2. The highest BCUT2D eigenvalue weighted by Crippen LogP contribution is 1.99. The van der Waals surface area contributed by atoms with Crippen LogP contribution >= 0.6 is 0 Å². The van der Waals surface area contributed by atoms with E-state index in [0.29, 0.717) is 0 Å². The summed E-state index contributed by atoms with van der Waals surface area (Å²) >= 11 is 0. The van der Waals surface area contributed by atoms with Crippen LogP contribution in [0.25, 0.3) is 0 Å². The van der Waals surface area contributed by atoms with Crippen LogP contribution in [0.3, 0.4) is 0 Å². The molecule has 0 saturated heterocycles. The van der Waals surface area contributed by atoms with Gasteiger partial charge in [0.1, 0.15) is 0 Å². The zero-order chi connectivity index (χ0) is 24.0. The van der Waals surface area contributed by atoms with E-state index in [9.17, 15) is 0 Å². The van der Waals surface area contributed by atoms with Gasteiger partial charge in [-0.1, -0.05) is 119 Å². The van der Waals surface area contributed by atoms with Crippen molar-refractivity contribution in [3.05, 3.63) is 97.2 Å². The molecule has 0 amide bonds. The first-order chi connectivity index (χ1) is 13.3. The second-order valence-corrected chi connectivity index (χ2v) is 5.00. The van der Waals surface area contributed by atoms with Gasteiger partial charge in [0, 0.05) is 0 Å². The Bertz CT molecular complexity index is 416. The first-order valence-corrected chi connectivity index (χ1v) is 10.4. The van der Waals surface area contributed by atoms with Crippen LogP contribution in [-0.4, -0.2) is 0 Å². The average Bonchev–Trinajstić information content (AvgIpc) is 2.74. The molecule has 0 aliphatic rings. The van der Waals surface area contributed by atoms with E-state index in [1.54, 1.807) is 0 Å². The summed E-state index contributed by atoms with van der Waals surface area (Å²) in [6.45, 7) is 37.3. The Balaban J connectivity index is -0.0000000566. The van der Waals surface area contributed by atoms with E-state index in [1.807, 2.05) is 93.5 Å². The van der Waals surface area contributed by atoms with Crippen LogP contribution in [0, 0.1) is 13.8 Å². The second-order valence-electron chi connectivity index (χ2n) is 5.00. The van der Waals surface area contributed by atoms with E-state index < -0.39 is 0 Å². The molecule has 0 heterocycles. The van der Waals surface area contributed by atoms with E-state index in [4.69, 9.17) is 0 Å². The summed E-state index contributed by atoms with van der Waals surface area (Å²) in [4.78, 5) is 0. The van der Waals surface area contributed by atoms with Gasteiger partial charge in [0.15, 0.2) is 0 Å². The highest BCUT2D eigenvalue weighted by atomic mass is 13.9. The quantitative estimate of drug-likeness (QED) is 0.349. The van der Waals surface area contributed by atoms with Crippen molar-refractivity contribution < 1.29 is 0 Å². The number of rotatable bonds is 2. The predicted molar refractivity (Wildman–Crippen MR) is 140 cm³/mol. The molecular weight excluding hydrogens is 336 g/mol. The third-order valence-electron chi connectivity index (χ3n) is 2.09. The highest BCUT2D eigenvalue weighted by molar-refractivity contribution is 5.19. The second kappa shape index (κ2) is 44.4. The Morgan fingerprint density at radius 3 is 1.18 bits per heavy atom. The van der Waals surface area contributed by atoms with Gasteiger partial charge in [0.2, 0.25) is 0 Å². The maximum atomic E-state index is 3.61. The Morgan fingerprint density at radius 1 is 0.750 bits per heavy atom. The van der Waals surface area contributed by atoms with Crippen LogP contribution in [-0.2, 0) is 0 Å². The molecule has 164 valence electrons. The van der Waals surface area contributed by atoms with Crippen LogP contribution < -0.4 is 0 Å². The van der Waals surface area contributed by atoms with Crippen molar-refractivity contribution in [1.82, 2.24) is 0 Å². The molecule has 0 nitrogen and oxygen atoms in total. The van der Waals surface area contributed by atoms with Gasteiger partial charge in [-0.3, -0.25) is 0 Å². The molecule has 0 spiro atoms. The molecule has 0 bridgehead atoms. The Hall–Kier alpha value is -2.08. The van der Waals surface area contributed by atoms with Gasteiger partial charge in [0.05, 0.1) is 0 Å². The number of benzene rings is 1. The molecule has 28 heavy (non-hydrogen) atoms. The Kier molecular flexibility index (Phi) is 64.3. The molecule has 0 aliphatic heterocycles. The third kappa shape index (κ3) is 64.9. The largest absolute Gasteiger partial charge is 0.106 e. The molecule has 0 saturated carbocycles. The summed E-state index contributed by atoms with van der Waals surface area (Å²) in [6.07, 6.45) is 7.84. The Labute approximate surface area is 180 Å². The SMILES string of the molecule is C=C.C=C(C)C.C=C/C(C)=C\C=C/C.CC.CC.CC.Cc1ccc(C)cc1. The minimum absolute atomic E-state index is 1.17. The minimum atomic E-state index is 1.17. The molecule has 0 aromatic heterocycles. The first-order valence-electron chi connectivity index (χ1n) is 10.4. The van der Waals surface area contributed by atoms with Crippen molar-refractivity contribution in [3.8, 4) is 0 Å². The lowest BCUT2D eigenvalue weighted by Crippen LogP contribution is -1.70. The van der Waals surface area contributed by atoms with Gasteiger partial charge < -0.3 is 0 Å². The van der Waals surface area contributed by atoms with Crippen molar-refractivity contribution in [3.63, 3.8) is 0 Å². The topological polar surface area (TPSA) is 0 Å². The van der Waals surface area contributed by atoms with Gasteiger partial charge in [-0.15, -0.1) is 19.7 Å². The molecule has 0 fully saturated rings. The van der Waals surface area contributed by atoms with E-state index in [0.717, 1.165) is 0 Å². The maximum absolute atomic E-state index is 3.61. The molecule has 0 aliphatic carbocycles. The van der Waals surface area contributed by atoms with E-state index in [1.165, 1.54) is 22.3 Å². The fourth-order valence-electron chi connectivity index (χ4n) is 0.953. The molecule has 1 aromatic carbocycles. The lowest BCUT2D eigenvalue weighted by molar-refractivity contribution is 1.40. The number of hydrogen-bond donors (Lipinski definition) is 0. The van der Waals surface area contributed by atoms with Gasteiger partial charge in [-0.05, 0) is 41.5 Å². The fraction of sp³-hybridized carbons (Fsp3) is 0.429. The maximum Gasteiger partial charge on any atom is -0.0398 e. The minimum Gasteiger partial charge on any atom is -0.106 e. The van der Waals surface area contributed by atoms with Gasteiger partial charge >= 0.3 is 0 Å². The van der Waals surface area contributed by atoms with Crippen molar-refractivity contribution in [2.45, 2.75) is 83.1 Å². The molecular formula is C28H52. The predicted octanol–water partition coefficient (Wildman–Crippen LogP) is 10.5. The Morgan fingerprint density at radius 2 is 1.00 bits per heavy atom. The van der Waals surface area contributed by atoms with Gasteiger partial charge in [0.25, 0.3) is 0 Å². The normalized spacial score (nSPS) is 7.93. The zero-order valence-electron chi connectivity index (χ0n) is 21.4. The summed E-state index contributed by atoms with van der Waals surface area (Å²) in [7, 11) is 0. The summed E-state index contributed by atoms with van der Waals surface area (Å²) in [5.41, 5.74) is 5.02. The van der Waals surface area contributed by atoms with Crippen molar-refractivity contribution in [1.29, 1.82) is 0 Å². The van der Waals surface area contributed by atoms with E-state index in [-0.39, 0.29) is 0 Å². The van der Waals surface area contributed by atoms with Crippen LogP contribution in [0.5, 0.6) is 0 Å². The standard InChI is InChI=1S/C8H10.C8H12.C4H8.3C2H6.C2H4/c1-7-3-5-8(2)6-4-7;1-4-6-7-8(3)5-2;1-4(2)3;4*1-2/h3-6H,1-2H3;4-7H,2H2,1,3H3;1H2,2-3H3;3*1-2H3;1-2H2/b;6-4-,8-7-;;;;;. The number of hydrogen-bond acceptors (Lipinski definition) is 0. The number of aryl methyl sites for hydroxylation is 2. The van der Waals surface area contributed by atoms with E-state index in [2.05, 4.69) is 64.4 Å². The lowest BCUT2D eigenvalue weighted by Gasteiger charge is -1.90. The molecule has 1 aromatic rings. The molecule has 0 atom stereocenters. The third-order valence-corrected chi connectivity index (χ3v) is 2.09. The van der Waals surface area contributed by atoms with Crippen LogP contribution in [0.4, 0.5) is 0 Å². The fourth-order valence-corrected chi connectivity index (χ4v) is 0.953. The smallest absolute Gasteiger partial charge is 0.0398 e.